The summed E-state index contributed by atoms with van der Waals surface area (Å²) in [6.07, 6.45) is 5.30. The van der Waals surface area contributed by atoms with Crippen LogP contribution in [0.4, 0.5) is 0 Å². The van der Waals surface area contributed by atoms with Crippen LogP contribution in [0.1, 0.15) is 25.0 Å². The molecule has 2 aromatic rings. The van der Waals surface area contributed by atoms with E-state index in [1.165, 1.54) is 27.6 Å². The van der Waals surface area contributed by atoms with Gasteiger partial charge in [-0.25, -0.2) is 0 Å². The van der Waals surface area contributed by atoms with Crippen LogP contribution in [-0.4, -0.2) is 4.98 Å². The summed E-state index contributed by atoms with van der Waals surface area (Å²) < 4.78 is 0. The molecule has 1 heteroatoms. The summed E-state index contributed by atoms with van der Waals surface area (Å²) in [5.74, 6) is 0. The first-order chi connectivity index (χ1) is 7.16. The Labute approximate surface area is 90.8 Å². The molecule has 1 nitrogen and oxygen atoms in total. The molecule has 0 spiro atoms. The van der Waals surface area contributed by atoms with E-state index in [1.54, 1.807) is 0 Å². The highest BCUT2D eigenvalue weighted by molar-refractivity contribution is 5.83. The lowest BCUT2D eigenvalue weighted by atomic mass is 10.0. The minimum Gasteiger partial charge on any atom is -0.361 e. The number of nitrogens with one attached hydrogen (secondary N) is 1. The minimum atomic E-state index is 1.01. The zero-order chi connectivity index (χ0) is 10.8. The lowest BCUT2D eigenvalue weighted by Crippen LogP contribution is -1.86. The number of aromatic nitrogens is 1. The lowest BCUT2D eigenvalue weighted by Gasteiger charge is -2.03. The van der Waals surface area contributed by atoms with Crippen molar-refractivity contribution in [2.24, 2.45) is 0 Å². The van der Waals surface area contributed by atoms with E-state index in [0.29, 0.717) is 0 Å². The Hall–Kier alpha value is -1.50. The maximum absolute atomic E-state index is 3.31. The molecule has 0 amide bonds. The molecule has 0 aliphatic carbocycles. The number of allylic oxidation sites excluding steroid dienone is 2. The second kappa shape index (κ2) is 3.93. The van der Waals surface area contributed by atoms with Gasteiger partial charge < -0.3 is 4.98 Å². The number of H-pyrrole nitrogens is 1. The summed E-state index contributed by atoms with van der Waals surface area (Å²) in [4.78, 5) is 3.31. The first-order valence-electron chi connectivity index (χ1n) is 5.37. The van der Waals surface area contributed by atoms with Crippen LogP contribution in [0.2, 0.25) is 0 Å². The number of fused-ring (bicyclic) bond motifs is 1. The van der Waals surface area contributed by atoms with E-state index >= 15 is 0 Å². The van der Waals surface area contributed by atoms with Crippen LogP contribution in [0.5, 0.6) is 0 Å². The van der Waals surface area contributed by atoms with Crippen molar-refractivity contribution in [2.45, 2.75) is 27.2 Å². The molecule has 1 aromatic heterocycles. The molecule has 1 aromatic carbocycles. The molecule has 15 heavy (non-hydrogen) atoms. The second-order valence-corrected chi connectivity index (χ2v) is 4.35. The maximum atomic E-state index is 3.31. The number of rotatable bonds is 2. The predicted molar refractivity (Wildman–Crippen MR) is 66.2 cm³/mol. The minimum absolute atomic E-state index is 1.01. The predicted octanol–water partition coefficient (Wildman–Crippen LogP) is 3.99. The molecule has 0 saturated carbocycles. The molecule has 1 heterocycles. The van der Waals surface area contributed by atoms with E-state index in [4.69, 9.17) is 0 Å². The van der Waals surface area contributed by atoms with Crippen LogP contribution in [0.15, 0.2) is 36.0 Å². The maximum Gasteiger partial charge on any atom is 0.0489 e. The third-order valence-electron chi connectivity index (χ3n) is 2.62. The third kappa shape index (κ3) is 2.12. The van der Waals surface area contributed by atoms with Gasteiger partial charge in [0.25, 0.3) is 0 Å². The Morgan fingerprint density at radius 1 is 1.33 bits per heavy atom. The molecule has 0 aliphatic heterocycles. The fraction of sp³-hybridized carbons (Fsp3) is 0.286. The summed E-state index contributed by atoms with van der Waals surface area (Å²) in [5.41, 5.74) is 5.37. The summed E-state index contributed by atoms with van der Waals surface area (Å²) in [6.45, 7) is 6.43. The molecule has 0 atom stereocenters. The molecule has 1 N–H and O–H groups in total. The van der Waals surface area contributed by atoms with Gasteiger partial charge in [0.1, 0.15) is 0 Å². The van der Waals surface area contributed by atoms with Crippen LogP contribution in [0.25, 0.3) is 10.9 Å². The highest BCUT2D eigenvalue weighted by Crippen LogP contribution is 2.20. The number of hydrogen-bond donors (Lipinski definition) is 1. The molecule has 0 saturated heterocycles. The molecular weight excluding hydrogens is 182 g/mol. The molecular formula is C14H17N. The van der Waals surface area contributed by atoms with Gasteiger partial charge in [0.15, 0.2) is 0 Å². The van der Waals surface area contributed by atoms with Gasteiger partial charge in [0.2, 0.25) is 0 Å². The normalized spacial score (nSPS) is 10.6. The SMILES string of the molecule is CC(C)=CCc1cc(C)cc2cc[nH]c12. The lowest BCUT2D eigenvalue weighted by molar-refractivity contribution is 1.21. The van der Waals surface area contributed by atoms with E-state index in [9.17, 15) is 0 Å². The average Bonchev–Trinajstić information content (AvgIpc) is 2.61. The summed E-state index contributed by atoms with van der Waals surface area (Å²) in [5, 5.41) is 1.31. The van der Waals surface area contributed by atoms with Crippen molar-refractivity contribution in [2.75, 3.05) is 0 Å². The van der Waals surface area contributed by atoms with Gasteiger partial charge in [-0.15, -0.1) is 0 Å². The van der Waals surface area contributed by atoms with Crippen LogP contribution in [0, 0.1) is 6.92 Å². The van der Waals surface area contributed by atoms with Gasteiger partial charge >= 0.3 is 0 Å². The second-order valence-electron chi connectivity index (χ2n) is 4.35. The van der Waals surface area contributed by atoms with Crippen molar-refractivity contribution in [3.63, 3.8) is 0 Å². The molecule has 0 fully saturated rings. The Morgan fingerprint density at radius 2 is 2.13 bits per heavy atom. The molecule has 2 rings (SSSR count). The third-order valence-corrected chi connectivity index (χ3v) is 2.62. The van der Waals surface area contributed by atoms with Crippen molar-refractivity contribution in [1.29, 1.82) is 0 Å². The van der Waals surface area contributed by atoms with Gasteiger partial charge in [0, 0.05) is 11.7 Å². The summed E-state index contributed by atoms with van der Waals surface area (Å²) >= 11 is 0. The van der Waals surface area contributed by atoms with E-state index in [0.717, 1.165) is 6.42 Å². The zero-order valence-electron chi connectivity index (χ0n) is 9.59. The topological polar surface area (TPSA) is 15.8 Å². The number of benzene rings is 1. The molecule has 0 radical (unpaired) electrons. The van der Waals surface area contributed by atoms with Crippen LogP contribution < -0.4 is 0 Å². The van der Waals surface area contributed by atoms with Gasteiger partial charge in [-0.2, -0.15) is 0 Å². The summed E-state index contributed by atoms with van der Waals surface area (Å²) in [6, 6.07) is 6.62. The van der Waals surface area contributed by atoms with Crippen molar-refractivity contribution in [1.82, 2.24) is 4.98 Å². The number of aromatic amines is 1. The first kappa shape index (κ1) is 10.0. The Balaban J connectivity index is 2.48. The first-order valence-corrected chi connectivity index (χ1v) is 5.37. The van der Waals surface area contributed by atoms with Crippen LogP contribution in [-0.2, 0) is 6.42 Å². The summed E-state index contributed by atoms with van der Waals surface area (Å²) in [7, 11) is 0. The number of hydrogen-bond acceptors (Lipinski definition) is 0. The Kier molecular flexibility index (Phi) is 2.63. The quantitative estimate of drug-likeness (QED) is 0.704. The fourth-order valence-corrected chi connectivity index (χ4v) is 1.89. The van der Waals surface area contributed by atoms with Gasteiger partial charge in [-0.05, 0) is 50.3 Å². The van der Waals surface area contributed by atoms with Crippen molar-refractivity contribution >= 4 is 10.9 Å². The van der Waals surface area contributed by atoms with Crippen molar-refractivity contribution in [3.8, 4) is 0 Å². The highest BCUT2D eigenvalue weighted by atomic mass is 14.7. The van der Waals surface area contributed by atoms with E-state index in [-0.39, 0.29) is 0 Å². The average molecular weight is 199 g/mol. The van der Waals surface area contributed by atoms with Gasteiger partial charge in [0.05, 0.1) is 0 Å². The van der Waals surface area contributed by atoms with Crippen molar-refractivity contribution in [3.05, 3.63) is 47.2 Å². The Bertz CT molecular complexity index is 499. The van der Waals surface area contributed by atoms with E-state index < -0.39 is 0 Å². The molecule has 0 aliphatic rings. The Morgan fingerprint density at radius 3 is 2.87 bits per heavy atom. The van der Waals surface area contributed by atoms with Crippen LogP contribution >= 0.6 is 0 Å². The molecule has 78 valence electrons. The van der Waals surface area contributed by atoms with E-state index in [2.05, 4.69) is 50.0 Å². The van der Waals surface area contributed by atoms with Gasteiger partial charge in [-0.3, -0.25) is 0 Å². The molecule has 0 unspecified atom stereocenters. The highest BCUT2D eigenvalue weighted by Gasteiger charge is 2.01. The smallest absolute Gasteiger partial charge is 0.0489 e. The largest absolute Gasteiger partial charge is 0.361 e. The van der Waals surface area contributed by atoms with Gasteiger partial charge in [-0.1, -0.05) is 23.3 Å². The standard InChI is InChI=1S/C14H17N/c1-10(2)4-5-12-8-11(3)9-13-6-7-15-14(12)13/h4,6-9,15H,5H2,1-3H3. The van der Waals surface area contributed by atoms with E-state index in [1.807, 2.05) is 6.20 Å². The zero-order valence-corrected chi connectivity index (χ0v) is 9.59. The van der Waals surface area contributed by atoms with Crippen molar-refractivity contribution < 1.29 is 0 Å². The van der Waals surface area contributed by atoms with Crippen LogP contribution in [0.3, 0.4) is 0 Å². The fourth-order valence-electron chi connectivity index (χ4n) is 1.89. The number of aryl methyl sites for hydroxylation is 1. The molecule has 0 bridgehead atoms. The monoisotopic (exact) mass is 199 g/mol.